The summed E-state index contributed by atoms with van der Waals surface area (Å²) in [4.78, 5) is 29.0. The lowest BCUT2D eigenvalue weighted by Crippen LogP contribution is -2.46. The summed E-state index contributed by atoms with van der Waals surface area (Å²) in [5.41, 5.74) is -1.72. The Labute approximate surface area is 242 Å². The number of ether oxygens (including phenoxy) is 3. The smallest absolute Gasteiger partial charge is 0.417 e. The quantitative estimate of drug-likeness (QED) is 0.321. The number of hydrogen-bond acceptors (Lipinski definition) is 6. The van der Waals surface area contributed by atoms with Crippen LogP contribution in [0.3, 0.4) is 0 Å². The second-order valence-corrected chi connectivity index (χ2v) is 13.0. The number of hydrogen-bond donors (Lipinski definition) is 0. The van der Waals surface area contributed by atoms with Crippen molar-refractivity contribution in [3.63, 3.8) is 0 Å². The Kier molecular flexibility index (Phi) is 10.4. The van der Waals surface area contributed by atoms with E-state index in [9.17, 15) is 22.8 Å². The zero-order valence-electron chi connectivity index (χ0n) is 25.2. The van der Waals surface area contributed by atoms with E-state index in [4.69, 9.17) is 14.2 Å². The topological polar surface area (TPSA) is 68.3 Å². The predicted molar refractivity (Wildman–Crippen MR) is 151 cm³/mol. The third-order valence-electron chi connectivity index (χ3n) is 7.16. The molecule has 2 heterocycles. The van der Waals surface area contributed by atoms with Gasteiger partial charge in [0.2, 0.25) is 0 Å². The maximum absolute atomic E-state index is 14.0. The number of halogens is 3. The molecule has 7 nitrogen and oxygen atoms in total. The molecule has 0 unspecified atom stereocenters. The lowest BCUT2D eigenvalue weighted by Gasteiger charge is -2.36. The first-order valence-electron chi connectivity index (χ1n) is 14.4. The van der Waals surface area contributed by atoms with Crippen molar-refractivity contribution in [1.82, 2.24) is 9.80 Å². The van der Waals surface area contributed by atoms with Gasteiger partial charge >= 0.3 is 18.2 Å². The van der Waals surface area contributed by atoms with E-state index in [1.54, 1.807) is 25.7 Å². The predicted octanol–water partition coefficient (Wildman–Crippen LogP) is 7.07. The van der Waals surface area contributed by atoms with E-state index in [1.807, 2.05) is 25.7 Å². The molecule has 2 saturated heterocycles. The number of nitrogens with zero attached hydrogens (tertiary/aromatic N) is 2. The standard InChI is InChI=1S/C31H45F3N2O5/c1-8-22-18-26(39-20-21-12-15-35(16-13-21)28(38)41-30(5,6)7)23(17-24(22)31(32,33)34)19-36-14-10-9-11-25(36)27(37)40-29(2,3)4/h8,17-18,21,25H,1,9-16,19-20H2,2-7H3/t25-/m0/s1. The molecule has 1 atom stereocenters. The second kappa shape index (κ2) is 13.0. The van der Waals surface area contributed by atoms with Crippen LogP contribution in [-0.2, 0) is 27.0 Å². The number of alkyl halides is 3. The van der Waals surface area contributed by atoms with Gasteiger partial charge < -0.3 is 19.1 Å². The minimum atomic E-state index is -4.57. The lowest BCUT2D eigenvalue weighted by atomic mass is 9.97. The summed E-state index contributed by atoms with van der Waals surface area (Å²) in [5.74, 6) is 0.103. The van der Waals surface area contributed by atoms with Crippen molar-refractivity contribution in [3.8, 4) is 5.75 Å². The van der Waals surface area contributed by atoms with Crippen LogP contribution in [0.5, 0.6) is 5.75 Å². The largest absolute Gasteiger partial charge is 0.493 e. The molecule has 2 fully saturated rings. The van der Waals surface area contributed by atoms with Crippen LogP contribution in [0.2, 0.25) is 0 Å². The molecular formula is C31H45F3N2O5. The van der Waals surface area contributed by atoms with E-state index in [2.05, 4.69) is 6.58 Å². The van der Waals surface area contributed by atoms with Crippen LogP contribution >= 0.6 is 0 Å². The fourth-order valence-corrected chi connectivity index (χ4v) is 5.16. The number of rotatable bonds is 7. The molecule has 0 N–H and O–H groups in total. The van der Waals surface area contributed by atoms with Crippen molar-refractivity contribution in [3.05, 3.63) is 35.4 Å². The minimum Gasteiger partial charge on any atom is -0.493 e. The van der Waals surface area contributed by atoms with Gasteiger partial charge in [-0.15, -0.1) is 0 Å². The molecule has 0 spiro atoms. The van der Waals surface area contributed by atoms with E-state index < -0.39 is 29.0 Å². The number of carbonyl (C=O) groups is 2. The third kappa shape index (κ3) is 9.65. The van der Waals surface area contributed by atoms with Crippen molar-refractivity contribution < 1.29 is 37.0 Å². The molecule has 10 heteroatoms. The maximum Gasteiger partial charge on any atom is 0.417 e. The zero-order valence-corrected chi connectivity index (χ0v) is 25.2. The van der Waals surface area contributed by atoms with Gasteiger partial charge in [-0.3, -0.25) is 9.69 Å². The fraction of sp³-hybridized carbons (Fsp3) is 0.677. The summed E-state index contributed by atoms with van der Waals surface area (Å²) < 4.78 is 59.2. The van der Waals surface area contributed by atoms with E-state index in [1.165, 1.54) is 12.1 Å². The number of piperidine rings is 2. The van der Waals surface area contributed by atoms with Gasteiger partial charge in [-0.05, 0) is 97.4 Å². The Morgan fingerprint density at radius 1 is 0.951 bits per heavy atom. The molecule has 3 rings (SSSR count). The van der Waals surface area contributed by atoms with Gasteiger partial charge in [-0.1, -0.05) is 19.1 Å². The van der Waals surface area contributed by atoms with Crippen LogP contribution in [-0.4, -0.2) is 65.3 Å². The number of carbonyl (C=O) groups excluding carboxylic acids is 2. The Balaban J connectivity index is 1.78. The highest BCUT2D eigenvalue weighted by molar-refractivity contribution is 5.76. The van der Waals surface area contributed by atoms with Gasteiger partial charge in [0.05, 0.1) is 12.2 Å². The maximum atomic E-state index is 14.0. The Hall–Kier alpha value is -2.75. The Bertz CT molecular complexity index is 1080. The van der Waals surface area contributed by atoms with Crippen LogP contribution in [0.15, 0.2) is 18.7 Å². The molecule has 0 aliphatic carbocycles. The molecule has 1 aromatic carbocycles. The summed E-state index contributed by atoms with van der Waals surface area (Å²) in [6.07, 6.45) is -0.0951. The number of likely N-dealkylation sites (tertiary alicyclic amines) is 2. The highest BCUT2D eigenvalue weighted by Crippen LogP contribution is 2.38. The van der Waals surface area contributed by atoms with Gasteiger partial charge in [-0.25, -0.2) is 4.79 Å². The van der Waals surface area contributed by atoms with Crippen molar-refractivity contribution in [1.29, 1.82) is 0 Å². The molecule has 0 radical (unpaired) electrons. The van der Waals surface area contributed by atoms with Gasteiger partial charge in [0.25, 0.3) is 0 Å². The van der Waals surface area contributed by atoms with Crippen LogP contribution in [0, 0.1) is 5.92 Å². The number of amides is 1. The van der Waals surface area contributed by atoms with Gasteiger partial charge in [0, 0.05) is 25.2 Å². The summed E-state index contributed by atoms with van der Waals surface area (Å²) >= 11 is 0. The van der Waals surface area contributed by atoms with Gasteiger partial charge in [-0.2, -0.15) is 13.2 Å². The Morgan fingerprint density at radius 2 is 1.59 bits per heavy atom. The first-order chi connectivity index (χ1) is 19.0. The highest BCUT2D eigenvalue weighted by Gasteiger charge is 2.36. The molecular weight excluding hydrogens is 537 g/mol. The monoisotopic (exact) mass is 582 g/mol. The molecule has 1 amide bonds. The van der Waals surface area contributed by atoms with Gasteiger partial charge in [0.1, 0.15) is 23.0 Å². The van der Waals surface area contributed by atoms with E-state index in [0.29, 0.717) is 56.8 Å². The summed E-state index contributed by atoms with van der Waals surface area (Å²) in [6, 6.07) is 1.98. The fourth-order valence-electron chi connectivity index (χ4n) is 5.16. The average Bonchev–Trinajstić information content (AvgIpc) is 2.85. The van der Waals surface area contributed by atoms with Crippen LogP contribution in [0.25, 0.3) is 6.08 Å². The number of esters is 1. The molecule has 2 aliphatic rings. The molecule has 41 heavy (non-hydrogen) atoms. The van der Waals surface area contributed by atoms with Crippen LogP contribution in [0.1, 0.15) is 90.3 Å². The first kappa shape index (κ1) is 32.8. The molecule has 230 valence electrons. The molecule has 0 aromatic heterocycles. The first-order valence-corrected chi connectivity index (χ1v) is 14.4. The molecule has 2 aliphatic heterocycles. The lowest BCUT2D eigenvalue weighted by molar-refractivity contribution is -0.163. The van der Waals surface area contributed by atoms with E-state index in [-0.39, 0.29) is 30.1 Å². The summed E-state index contributed by atoms with van der Waals surface area (Å²) in [7, 11) is 0. The minimum absolute atomic E-state index is 0.0571. The SMILES string of the molecule is C=Cc1cc(OCC2CCN(C(=O)OC(C)(C)C)CC2)c(CN2CCCC[C@H]2C(=O)OC(C)(C)C)cc1C(F)(F)F. The van der Waals surface area contributed by atoms with E-state index >= 15 is 0 Å². The van der Waals surface area contributed by atoms with Crippen LogP contribution < -0.4 is 4.74 Å². The van der Waals surface area contributed by atoms with Crippen molar-refractivity contribution in [2.45, 2.75) is 104 Å². The van der Waals surface area contributed by atoms with E-state index in [0.717, 1.165) is 18.9 Å². The average molecular weight is 583 g/mol. The molecule has 0 saturated carbocycles. The zero-order chi connectivity index (χ0) is 30.6. The molecule has 0 bridgehead atoms. The molecule has 1 aromatic rings. The second-order valence-electron chi connectivity index (χ2n) is 13.0. The van der Waals surface area contributed by atoms with Crippen molar-refractivity contribution in [2.75, 3.05) is 26.2 Å². The van der Waals surface area contributed by atoms with Crippen molar-refractivity contribution in [2.24, 2.45) is 5.92 Å². The summed E-state index contributed by atoms with van der Waals surface area (Å²) in [6.45, 7) is 16.5. The van der Waals surface area contributed by atoms with Crippen LogP contribution in [0.4, 0.5) is 18.0 Å². The normalized spacial score (nSPS) is 19.5. The summed E-state index contributed by atoms with van der Waals surface area (Å²) in [5, 5.41) is 0. The Morgan fingerprint density at radius 3 is 2.15 bits per heavy atom. The van der Waals surface area contributed by atoms with Crippen molar-refractivity contribution >= 4 is 18.1 Å². The highest BCUT2D eigenvalue weighted by atomic mass is 19.4. The number of benzene rings is 1. The van der Waals surface area contributed by atoms with Gasteiger partial charge in [0.15, 0.2) is 0 Å². The third-order valence-corrected chi connectivity index (χ3v) is 7.16.